The number of rotatable bonds is 4. The molecule has 19 heavy (non-hydrogen) atoms. The van der Waals surface area contributed by atoms with E-state index in [-0.39, 0.29) is 5.57 Å². The highest BCUT2D eigenvalue weighted by Crippen LogP contribution is 2.22. The summed E-state index contributed by atoms with van der Waals surface area (Å²) >= 11 is 0. The summed E-state index contributed by atoms with van der Waals surface area (Å²) < 4.78 is 5.10. The summed E-state index contributed by atoms with van der Waals surface area (Å²) in [4.78, 5) is 15.3. The number of benzene rings is 1. The van der Waals surface area contributed by atoms with Gasteiger partial charge in [0.2, 0.25) is 0 Å². The lowest BCUT2D eigenvalue weighted by molar-refractivity contribution is -0.130. The van der Waals surface area contributed by atoms with Gasteiger partial charge in [0.25, 0.3) is 0 Å². The number of hydrogen-bond acceptors (Lipinski definition) is 3. The highest BCUT2D eigenvalue weighted by molar-refractivity contribution is 6.20. The monoisotopic (exact) mass is 255 g/mol. The number of aromatic nitrogens is 1. The molecule has 0 saturated carbocycles. The van der Waals surface area contributed by atoms with Crippen LogP contribution in [0.4, 0.5) is 0 Å². The fourth-order valence-corrected chi connectivity index (χ4v) is 1.69. The van der Waals surface area contributed by atoms with E-state index in [1.54, 1.807) is 62.0 Å². The number of carboxylic acids is 1. The van der Waals surface area contributed by atoms with Gasteiger partial charge in [0, 0.05) is 12.4 Å². The topological polar surface area (TPSA) is 59.4 Å². The van der Waals surface area contributed by atoms with Crippen molar-refractivity contribution in [2.24, 2.45) is 0 Å². The predicted molar refractivity (Wildman–Crippen MR) is 72.7 cm³/mol. The van der Waals surface area contributed by atoms with E-state index in [2.05, 4.69) is 4.98 Å². The molecule has 1 N–H and O–H groups in total. The third kappa shape index (κ3) is 3.19. The zero-order valence-corrected chi connectivity index (χ0v) is 10.4. The molecule has 1 aromatic carbocycles. The van der Waals surface area contributed by atoms with Crippen molar-refractivity contribution in [3.63, 3.8) is 0 Å². The predicted octanol–water partition coefficient (Wildman–Crippen LogP) is 2.72. The molecule has 0 saturated heterocycles. The third-order valence-corrected chi connectivity index (χ3v) is 2.63. The lowest BCUT2D eigenvalue weighted by Crippen LogP contribution is -2.00. The van der Waals surface area contributed by atoms with Gasteiger partial charge in [0.15, 0.2) is 0 Å². The summed E-state index contributed by atoms with van der Waals surface area (Å²) in [6, 6.07) is 10.5. The maximum absolute atomic E-state index is 11.4. The number of carboxylic acid groups (broad SMARTS) is 1. The minimum absolute atomic E-state index is 0.213. The summed E-state index contributed by atoms with van der Waals surface area (Å²) in [5, 5.41) is 9.33. The van der Waals surface area contributed by atoms with Crippen molar-refractivity contribution < 1.29 is 14.6 Å². The van der Waals surface area contributed by atoms with Crippen LogP contribution in [0, 0.1) is 0 Å². The summed E-state index contributed by atoms with van der Waals surface area (Å²) in [6.07, 6.45) is 4.85. The molecule has 0 spiro atoms. The molecule has 2 aromatic rings. The molecule has 4 nitrogen and oxygen atoms in total. The molecule has 96 valence electrons. The quantitative estimate of drug-likeness (QED) is 0.853. The van der Waals surface area contributed by atoms with Crippen molar-refractivity contribution in [2.75, 3.05) is 7.11 Å². The van der Waals surface area contributed by atoms with Crippen molar-refractivity contribution in [1.29, 1.82) is 0 Å². The van der Waals surface area contributed by atoms with Crippen molar-refractivity contribution >= 4 is 17.6 Å². The zero-order valence-electron chi connectivity index (χ0n) is 10.4. The van der Waals surface area contributed by atoms with Crippen LogP contribution in [-0.2, 0) is 4.79 Å². The third-order valence-electron chi connectivity index (χ3n) is 2.63. The van der Waals surface area contributed by atoms with E-state index in [1.165, 1.54) is 0 Å². The number of nitrogens with zero attached hydrogens (tertiary/aromatic N) is 1. The van der Waals surface area contributed by atoms with Crippen LogP contribution in [0.25, 0.3) is 11.6 Å². The number of ether oxygens (including phenoxy) is 1. The van der Waals surface area contributed by atoms with Crippen molar-refractivity contribution in [3.8, 4) is 5.75 Å². The normalized spacial score (nSPS) is 11.1. The second-order valence-electron chi connectivity index (χ2n) is 3.88. The van der Waals surface area contributed by atoms with E-state index in [0.29, 0.717) is 11.3 Å². The number of pyridine rings is 1. The first-order chi connectivity index (χ1) is 9.20. The molecule has 0 radical (unpaired) electrons. The molecular weight excluding hydrogens is 242 g/mol. The lowest BCUT2D eigenvalue weighted by Gasteiger charge is -2.05. The number of methoxy groups -OCH3 is 1. The highest BCUT2D eigenvalue weighted by Gasteiger charge is 2.11. The van der Waals surface area contributed by atoms with Gasteiger partial charge in [-0.2, -0.15) is 0 Å². The maximum Gasteiger partial charge on any atom is 0.336 e. The minimum atomic E-state index is -0.981. The van der Waals surface area contributed by atoms with Gasteiger partial charge < -0.3 is 9.84 Å². The van der Waals surface area contributed by atoms with Crippen molar-refractivity contribution in [3.05, 3.63) is 59.9 Å². The van der Waals surface area contributed by atoms with Gasteiger partial charge in [-0.15, -0.1) is 0 Å². The molecule has 1 heterocycles. The van der Waals surface area contributed by atoms with Crippen LogP contribution in [0.3, 0.4) is 0 Å². The summed E-state index contributed by atoms with van der Waals surface area (Å²) in [5.41, 5.74) is 1.60. The first-order valence-corrected chi connectivity index (χ1v) is 5.70. The maximum atomic E-state index is 11.4. The Kier molecular flexibility index (Phi) is 3.93. The molecule has 4 heteroatoms. The van der Waals surface area contributed by atoms with E-state index in [0.717, 1.165) is 5.56 Å². The number of aliphatic carboxylic acids is 1. The molecule has 0 unspecified atom stereocenters. The minimum Gasteiger partial charge on any atom is -0.497 e. The van der Waals surface area contributed by atoms with Crippen molar-refractivity contribution in [2.45, 2.75) is 0 Å². The van der Waals surface area contributed by atoms with Crippen LogP contribution in [0.2, 0.25) is 0 Å². The fraction of sp³-hybridized carbons (Fsp3) is 0.0667. The van der Waals surface area contributed by atoms with E-state index in [9.17, 15) is 9.90 Å². The molecule has 0 aliphatic carbocycles. The van der Waals surface area contributed by atoms with Crippen molar-refractivity contribution in [1.82, 2.24) is 4.98 Å². The van der Waals surface area contributed by atoms with E-state index in [1.807, 2.05) is 0 Å². The largest absolute Gasteiger partial charge is 0.497 e. The van der Waals surface area contributed by atoms with Crippen LogP contribution in [0.1, 0.15) is 11.1 Å². The Morgan fingerprint density at radius 3 is 2.63 bits per heavy atom. The van der Waals surface area contributed by atoms with Gasteiger partial charge in [0.05, 0.1) is 12.7 Å². The molecule has 0 atom stereocenters. The molecule has 0 amide bonds. The first-order valence-electron chi connectivity index (χ1n) is 5.70. The van der Waals surface area contributed by atoms with E-state index in [4.69, 9.17) is 4.74 Å². The van der Waals surface area contributed by atoms with Gasteiger partial charge in [-0.05, 0) is 41.5 Å². The Bertz CT molecular complexity index is 606. The average molecular weight is 255 g/mol. The smallest absolute Gasteiger partial charge is 0.336 e. The van der Waals surface area contributed by atoms with Crippen LogP contribution in [-0.4, -0.2) is 23.2 Å². The Balaban J connectivity index is 2.46. The fourth-order valence-electron chi connectivity index (χ4n) is 1.69. The number of carbonyl (C=O) groups is 1. The summed E-state index contributed by atoms with van der Waals surface area (Å²) in [7, 11) is 1.55. The van der Waals surface area contributed by atoms with Gasteiger partial charge >= 0.3 is 5.97 Å². The summed E-state index contributed by atoms with van der Waals surface area (Å²) in [6.45, 7) is 0. The zero-order chi connectivity index (χ0) is 13.7. The Morgan fingerprint density at radius 2 is 2.00 bits per heavy atom. The standard InChI is InChI=1S/C15H13NO3/c1-19-13-4-2-3-12(10-13)14(15(17)18)9-11-5-7-16-8-6-11/h2-10H,1H3,(H,17,18)/b14-9+. The SMILES string of the molecule is COc1cccc(/C(=C\c2ccncc2)C(=O)O)c1. The lowest BCUT2D eigenvalue weighted by atomic mass is 10.0. The first kappa shape index (κ1) is 12.8. The van der Waals surface area contributed by atoms with Gasteiger partial charge in [0.1, 0.15) is 5.75 Å². The van der Waals surface area contributed by atoms with Crippen LogP contribution < -0.4 is 4.74 Å². The molecular formula is C15H13NO3. The average Bonchev–Trinajstić information content (AvgIpc) is 2.45. The van der Waals surface area contributed by atoms with Gasteiger partial charge in [-0.3, -0.25) is 4.98 Å². The Labute approximate surface area is 111 Å². The number of hydrogen-bond donors (Lipinski definition) is 1. The second kappa shape index (κ2) is 5.82. The molecule has 0 aliphatic rings. The van der Waals surface area contributed by atoms with Crippen LogP contribution in [0.15, 0.2) is 48.8 Å². The van der Waals surface area contributed by atoms with Crippen LogP contribution in [0.5, 0.6) is 5.75 Å². The second-order valence-corrected chi connectivity index (χ2v) is 3.88. The van der Waals surface area contributed by atoms with E-state index < -0.39 is 5.97 Å². The molecule has 1 aromatic heterocycles. The Morgan fingerprint density at radius 1 is 1.26 bits per heavy atom. The Hall–Kier alpha value is -2.62. The van der Waals surface area contributed by atoms with E-state index >= 15 is 0 Å². The molecule has 0 bridgehead atoms. The van der Waals surface area contributed by atoms with Gasteiger partial charge in [-0.25, -0.2) is 4.79 Å². The van der Waals surface area contributed by atoms with Crippen LogP contribution >= 0.6 is 0 Å². The molecule has 2 rings (SSSR count). The van der Waals surface area contributed by atoms with Gasteiger partial charge in [-0.1, -0.05) is 12.1 Å². The molecule has 0 aliphatic heterocycles. The summed E-state index contributed by atoms with van der Waals surface area (Å²) in [5.74, 6) is -0.357. The molecule has 0 fully saturated rings. The highest BCUT2D eigenvalue weighted by atomic mass is 16.5.